The number of nitrogens with two attached hydrogens (primary N) is 1. The highest BCUT2D eigenvalue weighted by molar-refractivity contribution is 14.0. The Balaban J connectivity index is 0.00000243. The maximum absolute atomic E-state index is 12.3. The van der Waals surface area contributed by atoms with E-state index in [1.807, 2.05) is 23.1 Å². The fourth-order valence-corrected chi connectivity index (χ4v) is 3.14. The molecule has 0 spiro atoms. The number of pyridine rings is 1. The van der Waals surface area contributed by atoms with Gasteiger partial charge in [0.1, 0.15) is 5.82 Å². The lowest BCUT2D eigenvalue weighted by Crippen LogP contribution is -2.49. The molecule has 1 aromatic heterocycles. The van der Waals surface area contributed by atoms with Gasteiger partial charge in [-0.25, -0.2) is 4.98 Å². The Kier molecular flexibility index (Phi) is 8.40. The first kappa shape index (κ1) is 20.7. The number of piperazine rings is 1. The second-order valence-electron chi connectivity index (χ2n) is 6.76. The molecule has 0 atom stereocenters. The van der Waals surface area contributed by atoms with Gasteiger partial charge >= 0.3 is 0 Å². The number of anilines is 1. The van der Waals surface area contributed by atoms with E-state index in [9.17, 15) is 4.79 Å². The van der Waals surface area contributed by atoms with Crippen molar-refractivity contribution in [2.75, 3.05) is 44.2 Å². The molecule has 1 saturated carbocycles. The smallest absolute Gasteiger partial charge is 0.224 e. The van der Waals surface area contributed by atoms with Crippen LogP contribution in [0.2, 0.25) is 0 Å². The summed E-state index contributed by atoms with van der Waals surface area (Å²) < 4.78 is 0. The lowest BCUT2D eigenvalue weighted by molar-refractivity contribution is -0.131. The maximum atomic E-state index is 12.3. The lowest BCUT2D eigenvalue weighted by Gasteiger charge is -2.35. The Morgan fingerprint density at radius 1 is 1.27 bits per heavy atom. The summed E-state index contributed by atoms with van der Waals surface area (Å²) >= 11 is 0. The van der Waals surface area contributed by atoms with E-state index < -0.39 is 0 Å². The molecule has 1 aliphatic carbocycles. The maximum Gasteiger partial charge on any atom is 0.224 e. The van der Waals surface area contributed by atoms with Gasteiger partial charge in [0.05, 0.1) is 0 Å². The third-order valence-electron chi connectivity index (χ3n) is 5.00. The molecule has 2 heterocycles. The first-order valence-electron chi connectivity index (χ1n) is 9.20. The number of guanidine groups is 1. The molecule has 3 rings (SSSR count). The molecule has 0 radical (unpaired) electrons. The molecular weight excluding hydrogens is 443 g/mol. The van der Waals surface area contributed by atoms with Gasteiger partial charge in [-0.1, -0.05) is 12.5 Å². The van der Waals surface area contributed by atoms with Crippen LogP contribution in [0.4, 0.5) is 5.82 Å². The van der Waals surface area contributed by atoms with Crippen LogP contribution in [0.15, 0.2) is 29.4 Å². The van der Waals surface area contributed by atoms with Crippen LogP contribution < -0.4 is 16.0 Å². The fourth-order valence-electron chi connectivity index (χ4n) is 3.14. The topological polar surface area (TPSA) is 86.8 Å². The van der Waals surface area contributed by atoms with Gasteiger partial charge in [-0.05, 0) is 30.9 Å². The predicted octanol–water partition coefficient (Wildman–Crippen LogP) is 1.44. The molecule has 144 valence electrons. The highest BCUT2D eigenvalue weighted by atomic mass is 127. The van der Waals surface area contributed by atoms with Crippen molar-refractivity contribution < 1.29 is 4.79 Å². The number of aliphatic imine (C=N–C) groups is 1. The fraction of sp³-hybridized carbons (Fsp3) is 0.611. The highest BCUT2D eigenvalue weighted by Gasteiger charge is 2.21. The third kappa shape index (κ3) is 6.00. The van der Waals surface area contributed by atoms with Crippen molar-refractivity contribution in [2.24, 2.45) is 16.6 Å². The summed E-state index contributed by atoms with van der Waals surface area (Å²) in [4.78, 5) is 25.2. The summed E-state index contributed by atoms with van der Waals surface area (Å²) in [6, 6.07) is 5.91. The summed E-state index contributed by atoms with van der Waals surface area (Å²) in [6.07, 6.45) is 6.09. The van der Waals surface area contributed by atoms with Crippen molar-refractivity contribution in [1.82, 2.24) is 15.2 Å². The number of hydrogen-bond acceptors (Lipinski definition) is 4. The van der Waals surface area contributed by atoms with Crippen LogP contribution in [0, 0.1) is 5.92 Å². The van der Waals surface area contributed by atoms with Gasteiger partial charge in [-0.3, -0.25) is 9.79 Å². The minimum Gasteiger partial charge on any atom is -0.370 e. The normalized spacial score (nSPS) is 18.1. The molecule has 2 aliphatic rings. The SMILES string of the molecule is I.NC(=NCC1CCC1)NCCC(=O)N1CCN(c2ccccn2)CC1. The van der Waals surface area contributed by atoms with E-state index in [-0.39, 0.29) is 29.9 Å². The van der Waals surface area contributed by atoms with Crippen molar-refractivity contribution in [1.29, 1.82) is 0 Å². The number of carbonyl (C=O) groups excluding carboxylic acids is 1. The summed E-state index contributed by atoms with van der Waals surface area (Å²) in [5, 5.41) is 3.05. The van der Waals surface area contributed by atoms with E-state index in [0.717, 1.165) is 38.5 Å². The average Bonchev–Trinajstić information content (AvgIpc) is 2.61. The van der Waals surface area contributed by atoms with Crippen molar-refractivity contribution in [2.45, 2.75) is 25.7 Å². The second kappa shape index (κ2) is 10.5. The molecule has 2 fully saturated rings. The van der Waals surface area contributed by atoms with Gasteiger partial charge in [0.2, 0.25) is 5.91 Å². The quantitative estimate of drug-likeness (QED) is 0.372. The van der Waals surface area contributed by atoms with Crippen LogP contribution in [0.25, 0.3) is 0 Å². The van der Waals surface area contributed by atoms with E-state index in [1.54, 1.807) is 6.20 Å². The summed E-state index contributed by atoms with van der Waals surface area (Å²) in [7, 11) is 0. The predicted molar refractivity (Wildman–Crippen MR) is 115 cm³/mol. The van der Waals surface area contributed by atoms with Gasteiger partial charge in [0.25, 0.3) is 0 Å². The number of nitrogens with zero attached hydrogens (tertiary/aromatic N) is 4. The molecule has 7 nitrogen and oxygen atoms in total. The molecule has 1 aliphatic heterocycles. The van der Waals surface area contributed by atoms with Gasteiger partial charge in [0, 0.05) is 51.9 Å². The van der Waals surface area contributed by atoms with Gasteiger partial charge < -0.3 is 20.9 Å². The number of nitrogens with one attached hydrogen (secondary N) is 1. The van der Waals surface area contributed by atoms with Gasteiger partial charge in [0.15, 0.2) is 5.96 Å². The largest absolute Gasteiger partial charge is 0.370 e. The number of carbonyl (C=O) groups is 1. The van der Waals surface area contributed by atoms with Crippen LogP contribution in [-0.4, -0.2) is 61.0 Å². The summed E-state index contributed by atoms with van der Waals surface area (Å²) in [5.74, 6) is 2.31. The number of amides is 1. The molecular formula is C18H29IN6O. The molecule has 8 heteroatoms. The first-order valence-corrected chi connectivity index (χ1v) is 9.20. The average molecular weight is 472 g/mol. The molecule has 1 aromatic rings. The molecule has 26 heavy (non-hydrogen) atoms. The van der Waals surface area contributed by atoms with E-state index in [0.29, 0.717) is 24.8 Å². The number of hydrogen-bond donors (Lipinski definition) is 2. The third-order valence-corrected chi connectivity index (χ3v) is 5.00. The molecule has 1 amide bonds. The Bertz CT molecular complexity index is 585. The molecule has 0 bridgehead atoms. The van der Waals surface area contributed by atoms with E-state index in [4.69, 9.17) is 5.73 Å². The van der Waals surface area contributed by atoms with Crippen LogP contribution in [0.3, 0.4) is 0 Å². The number of rotatable bonds is 6. The minimum atomic E-state index is 0. The zero-order valence-corrected chi connectivity index (χ0v) is 17.5. The Labute approximate surface area is 172 Å². The van der Waals surface area contributed by atoms with Crippen LogP contribution >= 0.6 is 24.0 Å². The number of halogens is 1. The Morgan fingerprint density at radius 3 is 2.65 bits per heavy atom. The molecule has 0 unspecified atom stereocenters. The number of aromatic nitrogens is 1. The van der Waals surface area contributed by atoms with E-state index in [1.165, 1.54) is 19.3 Å². The van der Waals surface area contributed by atoms with Crippen molar-refractivity contribution in [3.8, 4) is 0 Å². The summed E-state index contributed by atoms with van der Waals surface area (Å²) in [5.41, 5.74) is 5.85. The van der Waals surface area contributed by atoms with Gasteiger partial charge in [-0.15, -0.1) is 24.0 Å². The lowest BCUT2D eigenvalue weighted by atomic mass is 9.86. The zero-order valence-electron chi connectivity index (χ0n) is 15.1. The highest BCUT2D eigenvalue weighted by Crippen LogP contribution is 2.26. The molecule has 0 aromatic carbocycles. The Morgan fingerprint density at radius 2 is 2.04 bits per heavy atom. The second-order valence-corrected chi connectivity index (χ2v) is 6.76. The standard InChI is InChI=1S/C18H28N6O.HI/c19-18(22-14-15-4-3-5-15)21-9-7-17(25)24-12-10-23(11-13-24)16-6-1-2-8-20-16;/h1-2,6,8,15H,3-5,7,9-14H2,(H3,19,21,22);1H. The van der Waals surface area contributed by atoms with Crippen LogP contribution in [0.1, 0.15) is 25.7 Å². The van der Waals surface area contributed by atoms with E-state index >= 15 is 0 Å². The summed E-state index contributed by atoms with van der Waals surface area (Å²) in [6.45, 7) is 4.46. The van der Waals surface area contributed by atoms with Crippen molar-refractivity contribution >= 4 is 41.7 Å². The molecule has 3 N–H and O–H groups in total. The monoisotopic (exact) mass is 472 g/mol. The van der Waals surface area contributed by atoms with Crippen LogP contribution in [0.5, 0.6) is 0 Å². The van der Waals surface area contributed by atoms with Crippen molar-refractivity contribution in [3.63, 3.8) is 0 Å². The zero-order chi connectivity index (χ0) is 17.5. The molecule has 1 saturated heterocycles. The van der Waals surface area contributed by atoms with Crippen molar-refractivity contribution in [3.05, 3.63) is 24.4 Å². The van der Waals surface area contributed by atoms with E-state index in [2.05, 4.69) is 20.2 Å². The van der Waals surface area contributed by atoms with Crippen LogP contribution in [-0.2, 0) is 4.79 Å². The van der Waals surface area contributed by atoms with Gasteiger partial charge in [-0.2, -0.15) is 0 Å². The Hall–Kier alpha value is -1.58. The minimum absolute atomic E-state index is 0. The first-order chi connectivity index (χ1) is 12.2.